The number of aromatic hydroxyl groups is 1. The molecular weight excluding hydrogens is 290 g/mol. The van der Waals surface area contributed by atoms with Crippen LogP contribution in [0.25, 0.3) is 0 Å². The Balaban J connectivity index is 0.00000120. The summed E-state index contributed by atoms with van der Waals surface area (Å²) in [5.41, 5.74) is 1.70. The summed E-state index contributed by atoms with van der Waals surface area (Å²) in [5, 5.41) is 9.68. The average molecular weight is 312 g/mol. The number of halogens is 1. The van der Waals surface area contributed by atoms with Crippen LogP contribution in [0.3, 0.4) is 0 Å². The fourth-order valence-corrected chi connectivity index (χ4v) is 3.75. The van der Waals surface area contributed by atoms with E-state index in [0.717, 1.165) is 6.04 Å². The standard InChI is InChI=1S/C15H21NO.BrH/c1-16-9-8-15(7-3-5-13(16)11-15)12-4-2-6-14(17)10-12;/h2,4,6,10,13,17H,3,5,7-9,11H2,1H3;1H/t13-,15-;/m1./s1. The Labute approximate surface area is 120 Å². The zero-order valence-electron chi connectivity index (χ0n) is 10.9. The van der Waals surface area contributed by atoms with E-state index in [4.69, 9.17) is 0 Å². The summed E-state index contributed by atoms with van der Waals surface area (Å²) in [4.78, 5) is 2.51. The van der Waals surface area contributed by atoms with Crippen LogP contribution in [0.5, 0.6) is 5.75 Å². The molecule has 0 radical (unpaired) electrons. The lowest BCUT2D eigenvalue weighted by atomic mass is 9.63. The van der Waals surface area contributed by atoms with Crippen molar-refractivity contribution in [2.45, 2.75) is 43.6 Å². The van der Waals surface area contributed by atoms with Crippen molar-refractivity contribution in [1.82, 2.24) is 4.90 Å². The fraction of sp³-hybridized carbons (Fsp3) is 0.600. The van der Waals surface area contributed by atoms with Gasteiger partial charge in [0.05, 0.1) is 0 Å². The quantitative estimate of drug-likeness (QED) is 0.858. The molecule has 1 aliphatic heterocycles. The lowest BCUT2D eigenvalue weighted by molar-refractivity contribution is 0.0719. The van der Waals surface area contributed by atoms with Crippen LogP contribution in [0.15, 0.2) is 24.3 Å². The Morgan fingerprint density at radius 2 is 2.17 bits per heavy atom. The molecule has 1 heterocycles. The van der Waals surface area contributed by atoms with Gasteiger partial charge in [0.1, 0.15) is 5.75 Å². The number of piperidine rings is 1. The second-order valence-corrected chi connectivity index (χ2v) is 5.81. The minimum absolute atomic E-state index is 0. The molecule has 2 nitrogen and oxygen atoms in total. The Kier molecular flexibility index (Phi) is 4.02. The Morgan fingerprint density at radius 1 is 1.33 bits per heavy atom. The maximum Gasteiger partial charge on any atom is 0.115 e. The van der Waals surface area contributed by atoms with E-state index in [1.807, 2.05) is 12.1 Å². The number of benzene rings is 1. The van der Waals surface area contributed by atoms with Gasteiger partial charge in [0, 0.05) is 6.04 Å². The van der Waals surface area contributed by atoms with E-state index < -0.39 is 0 Å². The van der Waals surface area contributed by atoms with Crippen molar-refractivity contribution >= 4 is 17.0 Å². The summed E-state index contributed by atoms with van der Waals surface area (Å²) < 4.78 is 0. The maximum absolute atomic E-state index is 9.68. The molecule has 100 valence electrons. The van der Waals surface area contributed by atoms with Crippen LogP contribution in [0.2, 0.25) is 0 Å². The SMILES string of the molecule is Br.CN1CC[C@]2(c3cccc(O)c3)CCC[C@@H]1C2. The maximum atomic E-state index is 9.68. The molecular formula is C15H22BrNO. The van der Waals surface area contributed by atoms with Gasteiger partial charge in [0.2, 0.25) is 0 Å². The molecule has 2 bridgehead atoms. The summed E-state index contributed by atoms with van der Waals surface area (Å²) >= 11 is 0. The Bertz CT molecular complexity index is 423. The molecule has 2 atom stereocenters. The minimum Gasteiger partial charge on any atom is -0.508 e. The van der Waals surface area contributed by atoms with E-state index in [9.17, 15) is 5.11 Å². The molecule has 0 unspecified atom stereocenters. The molecule has 3 rings (SSSR count). The first kappa shape index (κ1) is 13.9. The van der Waals surface area contributed by atoms with Crippen molar-refractivity contribution < 1.29 is 5.11 Å². The molecule has 1 saturated carbocycles. The van der Waals surface area contributed by atoms with Crippen LogP contribution in [-0.2, 0) is 5.41 Å². The van der Waals surface area contributed by atoms with E-state index in [1.54, 1.807) is 6.07 Å². The highest BCUT2D eigenvalue weighted by atomic mass is 79.9. The van der Waals surface area contributed by atoms with Gasteiger partial charge in [0.15, 0.2) is 0 Å². The molecule has 2 aliphatic rings. The summed E-state index contributed by atoms with van der Waals surface area (Å²) in [6.45, 7) is 1.19. The molecule has 1 saturated heterocycles. The van der Waals surface area contributed by atoms with Crippen molar-refractivity contribution in [1.29, 1.82) is 0 Å². The van der Waals surface area contributed by atoms with Gasteiger partial charge in [0.25, 0.3) is 0 Å². The third-order valence-corrected chi connectivity index (χ3v) is 4.84. The third kappa shape index (κ3) is 2.30. The zero-order valence-corrected chi connectivity index (χ0v) is 12.6. The molecule has 3 heteroatoms. The van der Waals surface area contributed by atoms with Crippen LogP contribution in [0.4, 0.5) is 0 Å². The van der Waals surface area contributed by atoms with Gasteiger partial charge in [-0.15, -0.1) is 17.0 Å². The number of hydrogen-bond acceptors (Lipinski definition) is 2. The van der Waals surface area contributed by atoms with Crippen LogP contribution in [0, 0.1) is 0 Å². The highest BCUT2D eigenvalue weighted by Crippen LogP contribution is 2.46. The number of phenols is 1. The predicted molar refractivity (Wildman–Crippen MR) is 79.6 cm³/mol. The van der Waals surface area contributed by atoms with Crippen molar-refractivity contribution in [2.75, 3.05) is 13.6 Å². The highest BCUT2D eigenvalue weighted by Gasteiger charge is 2.42. The molecule has 18 heavy (non-hydrogen) atoms. The van der Waals surface area contributed by atoms with E-state index >= 15 is 0 Å². The molecule has 2 fully saturated rings. The molecule has 0 aromatic heterocycles. The smallest absolute Gasteiger partial charge is 0.115 e. The van der Waals surface area contributed by atoms with Crippen LogP contribution in [-0.4, -0.2) is 29.6 Å². The van der Waals surface area contributed by atoms with Crippen molar-refractivity contribution in [3.8, 4) is 5.75 Å². The van der Waals surface area contributed by atoms with Gasteiger partial charge in [-0.3, -0.25) is 0 Å². The first-order valence-corrected chi connectivity index (χ1v) is 6.69. The third-order valence-electron chi connectivity index (χ3n) is 4.84. The molecule has 1 aromatic carbocycles. The van der Waals surface area contributed by atoms with Crippen LogP contribution < -0.4 is 0 Å². The average Bonchev–Trinajstić information content (AvgIpc) is 2.35. The normalized spacial score (nSPS) is 31.7. The van der Waals surface area contributed by atoms with Gasteiger partial charge in [-0.05, 0) is 62.4 Å². The predicted octanol–water partition coefficient (Wildman–Crippen LogP) is 3.49. The van der Waals surface area contributed by atoms with Crippen molar-refractivity contribution in [2.24, 2.45) is 0 Å². The van der Waals surface area contributed by atoms with Crippen LogP contribution in [0.1, 0.15) is 37.7 Å². The van der Waals surface area contributed by atoms with Crippen molar-refractivity contribution in [3.05, 3.63) is 29.8 Å². The molecule has 0 spiro atoms. The summed E-state index contributed by atoms with van der Waals surface area (Å²) in [7, 11) is 2.25. The number of phenolic OH excluding ortho intramolecular Hbond substituents is 1. The summed E-state index contributed by atoms with van der Waals surface area (Å²) in [6, 6.07) is 8.69. The van der Waals surface area contributed by atoms with Gasteiger partial charge >= 0.3 is 0 Å². The fourth-order valence-electron chi connectivity index (χ4n) is 3.75. The molecule has 1 aromatic rings. The highest BCUT2D eigenvalue weighted by molar-refractivity contribution is 8.93. The first-order valence-electron chi connectivity index (χ1n) is 6.69. The van der Waals surface area contributed by atoms with E-state index in [1.165, 1.54) is 44.2 Å². The lowest BCUT2D eigenvalue weighted by Crippen LogP contribution is -2.50. The van der Waals surface area contributed by atoms with E-state index in [2.05, 4.69) is 18.0 Å². The second kappa shape index (κ2) is 5.22. The molecule has 1 N–H and O–H groups in total. The topological polar surface area (TPSA) is 23.5 Å². The van der Waals surface area contributed by atoms with Crippen molar-refractivity contribution in [3.63, 3.8) is 0 Å². The summed E-state index contributed by atoms with van der Waals surface area (Å²) in [5.74, 6) is 0.415. The number of fused-ring (bicyclic) bond motifs is 2. The van der Waals surface area contributed by atoms with Gasteiger partial charge in [-0.1, -0.05) is 18.6 Å². The first-order chi connectivity index (χ1) is 8.20. The van der Waals surface area contributed by atoms with Gasteiger partial charge in [-0.25, -0.2) is 0 Å². The number of likely N-dealkylation sites (tertiary alicyclic amines) is 1. The van der Waals surface area contributed by atoms with E-state index in [0.29, 0.717) is 11.2 Å². The second-order valence-electron chi connectivity index (χ2n) is 5.81. The minimum atomic E-state index is 0. The van der Waals surface area contributed by atoms with Gasteiger partial charge in [-0.2, -0.15) is 0 Å². The Morgan fingerprint density at radius 3 is 2.94 bits per heavy atom. The monoisotopic (exact) mass is 311 g/mol. The number of hydrogen-bond donors (Lipinski definition) is 1. The van der Waals surface area contributed by atoms with Gasteiger partial charge < -0.3 is 10.0 Å². The Hall–Kier alpha value is -0.540. The zero-order chi connectivity index (χ0) is 11.9. The summed E-state index contributed by atoms with van der Waals surface area (Å²) in [6.07, 6.45) is 6.47. The molecule has 1 aliphatic carbocycles. The van der Waals surface area contributed by atoms with E-state index in [-0.39, 0.29) is 17.0 Å². The van der Waals surface area contributed by atoms with Crippen LogP contribution >= 0.6 is 17.0 Å². The largest absolute Gasteiger partial charge is 0.508 e. The number of nitrogens with zero attached hydrogens (tertiary/aromatic N) is 1. The number of rotatable bonds is 1. The molecule has 0 amide bonds. The lowest BCUT2D eigenvalue weighted by Gasteiger charge is -2.49.